The lowest BCUT2D eigenvalue weighted by atomic mass is 10.0. The van der Waals surface area contributed by atoms with Crippen molar-refractivity contribution < 1.29 is 22.6 Å². The highest BCUT2D eigenvalue weighted by molar-refractivity contribution is 5.72. The van der Waals surface area contributed by atoms with Gasteiger partial charge in [-0.2, -0.15) is 23.5 Å². The average molecular weight is 414 g/mol. The van der Waals surface area contributed by atoms with Gasteiger partial charge in [0.05, 0.1) is 17.8 Å². The zero-order valence-corrected chi connectivity index (χ0v) is 15.7. The summed E-state index contributed by atoms with van der Waals surface area (Å²) in [5, 5.41) is 16.3. The van der Waals surface area contributed by atoms with Crippen LogP contribution in [0, 0.1) is 11.3 Å². The SMILES string of the molecule is N#Cc1ccc(-c2ccc(CCN)cc2)c(Oc2cnnc(OCC(F)(F)F)c2)c1. The molecule has 0 saturated carbocycles. The van der Waals surface area contributed by atoms with Crippen LogP contribution in [0.15, 0.2) is 54.7 Å². The van der Waals surface area contributed by atoms with Gasteiger partial charge in [-0.25, -0.2) is 0 Å². The number of ether oxygens (including phenoxy) is 2. The molecular formula is C21H17F3N4O2. The Morgan fingerprint density at radius 1 is 1.07 bits per heavy atom. The van der Waals surface area contributed by atoms with E-state index >= 15 is 0 Å². The summed E-state index contributed by atoms with van der Waals surface area (Å²) in [5.41, 5.74) is 8.56. The lowest BCUT2D eigenvalue weighted by molar-refractivity contribution is -0.154. The first kappa shape index (κ1) is 21.1. The molecule has 9 heteroatoms. The molecule has 2 aromatic carbocycles. The van der Waals surface area contributed by atoms with Gasteiger partial charge in [0.2, 0.25) is 5.88 Å². The van der Waals surface area contributed by atoms with Crippen LogP contribution < -0.4 is 15.2 Å². The number of nitriles is 1. The Hall–Kier alpha value is -3.64. The second-order valence-corrected chi connectivity index (χ2v) is 6.29. The number of nitrogens with zero attached hydrogens (tertiary/aromatic N) is 3. The Balaban J connectivity index is 1.89. The maximum absolute atomic E-state index is 12.3. The summed E-state index contributed by atoms with van der Waals surface area (Å²) in [4.78, 5) is 0. The minimum atomic E-state index is -4.50. The molecule has 0 spiro atoms. The molecule has 0 atom stereocenters. The van der Waals surface area contributed by atoms with Crippen LogP contribution >= 0.6 is 0 Å². The highest BCUT2D eigenvalue weighted by Crippen LogP contribution is 2.35. The van der Waals surface area contributed by atoms with Gasteiger partial charge in [-0.1, -0.05) is 24.3 Å². The number of halogens is 3. The highest BCUT2D eigenvalue weighted by atomic mass is 19.4. The van der Waals surface area contributed by atoms with E-state index in [0.29, 0.717) is 23.4 Å². The van der Waals surface area contributed by atoms with Crippen molar-refractivity contribution in [3.05, 3.63) is 65.9 Å². The fraction of sp³-hybridized carbons (Fsp3) is 0.190. The normalized spacial score (nSPS) is 11.0. The third-order valence-corrected chi connectivity index (χ3v) is 4.03. The van der Waals surface area contributed by atoms with Crippen molar-refractivity contribution >= 4 is 0 Å². The van der Waals surface area contributed by atoms with Gasteiger partial charge < -0.3 is 15.2 Å². The molecule has 3 aromatic rings. The Bertz CT molecular complexity index is 1050. The van der Waals surface area contributed by atoms with E-state index in [2.05, 4.69) is 14.9 Å². The zero-order valence-electron chi connectivity index (χ0n) is 15.7. The molecule has 0 unspecified atom stereocenters. The van der Waals surface area contributed by atoms with Gasteiger partial charge in [0.25, 0.3) is 0 Å². The predicted octanol–water partition coefficient (Wildman–Crippen LogP) is 4.25. The summed E-state index contributed by atoms with van der Waals surface area (Å²) in [6.07, 6.45) is -2.50. The lowest BCUT2D eigenvalue weighted by Crippen LogP contribution is -2.19. The second kappa shape index (κ2) is 9.24. The molecule has 0 amide bonds. The molecule has 154 valence electrons. The van der Waals surface area contributed by atoms with E-state index in [-0.39, 0.29) is 11.6 Å². The Morgan fingerprint density at radius 2 is 1.83 bits per heavy atom. The van der Waals surface area contributed by atoms with Gasteiger partial charge in [-0.15, -0.1) is 5.10 Å². The molecule has 1 aromatic heterocycles. The summed E-state index contributed by atoms with van der Waals surface area (Å²) < 4.78 is 47.5. The van der Waals surface area contributed by atoms with E-state index in [1.807, 2.05) is 30.3 Å². The van der Waals surface area contributed by atoms with Gasteiger partial charge >= 0.3 is 6.18 Å². The molecule has 0 aliphatic rings. The molecule has 6 nitrogen and oxygen atoms in total. The van der Waals surface area contributed by atoms with Gasteiger partial charge in [0, 0.05) is 11.6 Å². The van der Waals surface area contributed by atoms with Crippen molar-refractivity contribution in [2.75, 3.05) is 13.2 Å². The van der Waals surface area contributed by atoms with E-state index in [1.165, 1.54) is 12.3 Å². The molecule has 3 rings (SSSR count). The van der Waals surface area contributed by atoms with Gasteiger partial charge in [-0.3, -0.25) is 0 Å². The topological polar surface area (TPSA) is 94.1 Å². The van der Waals surface area contributed by atoms with Gasteiger partial charge in [0.1, 0.15) is 5.75 Å². The molecule has 0 aliphatic carbocycles. The van der Waals surface area contributed by atoms with Crippen LogP contribution in [0.4, 0.5) is 13.2 Å². The quantitative estimate of drug-likeness (QED) is 0.621. The number of aromatic nitrogens is 2. The number of nitrogens with two attached hydrogens (primary N) is 1. The summed E-state index contributed by atoms with van der Waals surface area (Å²) in [7, 11) is 0. The van der Waals surface area contributed by atoms with Crippen LogP contribution in [-0.2, 0) is 6.42 Å². The first-order valence-electron chi connectivity index (χ1n) is 8.91. The van der Waals surface area contributed by atoms with Crippen LogP contribution in [-0.4, -0.2) is 29.5 Å². The fourth-order valence-corrected chi connectivity index (χ4v) is 2.67. The lowest BCUT2D eigenvalue weighted by Gasteiger charge is -2.13. The van der Waals surface area contributed by atoms with Crippen molar-refractivity contribution in [3.8, 4) is 34.6 Å². The van der Waals surface area contributed by atoms with Crippen LogP contribution in [0.2, 0.25) is 0 Å². The molecule has 0 saturated heterocycles. The van der Waals surface area contributed by atoms with Crippen molar-refractivity contribution in [1.29, 1.82) is 5.26 Å². The van der Waals surface area contributed by atoms with Crippen LogP contribution in [0.25, 0.3) is 11.1 Å². The molecule has 1 heterocycles. The van der Waals surface area contributed by atoms with Crippen molar-refractivity contribution in [3.63, 3.8) is 0 Å². The Labute approximate surface area is 170 Å². The average Bonchev–Trinajstić information content (AvgIpc) is 2.73. The molecular weight excluding hydrogens is 397 g/mol. The fourth-order valence-electron chi connectivity index (χ4n) is 2.67. The second-order valence-electron chi connectivity index (χ2n) is 6.29. The van der Waals surface area contributed by atoms with Crippen molar-refractivity contribution in [2.45, 2.75) is 12.6 Å². The molecule has 2 N–H and O–H groups in total. The molecule has 0 aliphatic heterocycles. The summed E-state index contributed by atoms with van der Waals surface area (Å²) in [6, 6.07) is 15.9. The molecule has 0 fully saturated rings. The molecule has 0 radical (unpaired) electrons. The van der Waals surface area contributed by atoms with Crippen LogP contribution in [0.1, 0.15) is 11.1 Å². The number of alkyl halides is 3. The van der Waals surface area contributed by atoms with Crippen LogP contribution in [0.3, 0.4) is 0 Å². The van der Waals surface area contributed by atoms with Crippen LogP contribution in [0.5, 0.6) is 17.4 Å². The standard InChI is InChI=1S/C21H17F3N4O2/c22-21(23,24)13-29-20-10-17(12-27-28-20)30-19-9-15(11-26)3-6-18(19)16-4-1-14(2-5-16)7-8-25/h1-6,9-10,12H,7-8,13,25H2. The molecule has 0 bridgehead atoms. The number of hydrogen-bond donors (Lipinski definition) is 1. The van der Waals surface area contributed by atoms with Crippen molar-refractivity contribution in [1.82, 2.24) is 10.2 Å². The molecule has 30 heavy (non-hydrogen) atoms. The van der Waals surface area contributed by atoms with Gasteiger partial charge in [-0.05, 0) is 42.3 Å². The van der Waals surface area contributed by atoms with E-state index in [4.69, 9.17) is 10.5 Å². The predicted molar refractivity (Wildman–Crippen MR) is 103 cm³/mol. The zero-order chi connectivity index (χ0) is 21.6. The summed E-state index contributed by atoms with van der Waals surface area (Å²) in [6.45, 7) is -0.951. The minimum Gasteiger partial charge on any atom is -0.467 e. The third kappa shape index (κ3) is 5.68. The first-order chi connectivity index (χ1) is 14.4. The maximum atomic E-state index is 12.3. The summed E-state index contributed by atoms with van der Waals surface area (Å²) in [5.74, 6) is 0.141. The minimum absolute atomic E-state index is 0.123. The highest BCUT2D eigenvalue weighted by Gasteiger charge is 2.28. The van der Waals surface area contributed by atoms with E-state index in [1.54, 1.807) is 18.2 Å². The maximum Gasteiger partial charge on any atom is 0.422 e. The van der Waals surface area contributed by atoms with Crippen molar-refractivity contribution in [2.24, 2.45) is 5.73 Å². The monoisotopic (exact) mass is 414 g/mol. The third-order valence-electron chi connectivity index (χ3n) is 4.03. The number of hydrogen-bond acceptors (Lipinski definition) is 6. The smallest absolute Gasteiger partial charge is 0.422 e. The van der Waals surface area contributed by atoms with Gasteiger partial charge in [0.15, 0.2) is 12.4 Å². The van der Waals surface area contributed by atoms with E-state index < -0.39 is 12.8 Å². The number of benzene rings is 2. The first-order valence-corrected chi connectivity index (χ1v) is 8.91. The number of rotatable bonds is 7. The Kier molecular flexibility index (Phi) is 6.49. The largest absolute Gasteiger partial charge is 0.467 e. The van der Waals surface area contributed by atoms with E-state index in [9.17, 15) is 18.4 Å². The van der Waals surface area contributed by atoms with E-state index in [0.717, 1.165) is 17.5 Å². The summed E-state index contributed by atoms with van der Waals surface area (Å²) >= 11 is 0. The Morgan fingerprint density at radius 3 is 2.50 bits per heavy atom.